The van der Waals surface area contributed by atoms with Crippen molar-refractivity contribution in [2.45, 2.75) is 195 Å². The van der Waals surface area contributed by atoms with Crippen LogP contribution in [0.4, 0.5) is 0 Å². The van der Waals surface area contributed by atoms with E-state index in [1.54, 1.807) is 0 Å². The Kier molecular flexibility index (Phi) is 28.6. The van der Waals surface area contributed by atoms with Gasteiger partial charge in [-0.2, -0.15) is 0 Å². The van der Waals surface area contributed by atoms with E-state index >= 15 is 0 Å². The molecule has 2 amide bonds. The molecule has 0 aliphatic rings. The summed E-state index contributed by atoms with van der Waals surface area (Å²) in [5.41, 5.74) is -0.694. The largest absolute Gasteiger partial charge is 0.478 e. The van der Waals surface area contributed by atoms with Gasteiger partial charge in [-0.05, 0) is 88.4 Å². The molecule has 340 valence electrons. The van der Waals surface area contributed by atoms with E-state index in [0.717, 1.165) is 64.2 Å². The average Bonchev–Trinajstić information content (AvgIpc) is 3.21. The maximum Gasteiger partial charge on any atom is 0.337 e. The number of carboxylic acid groups (broad SMARTS) is 2. The fraction of sp³-hybridized carbons (Fsp3) is 0.708. The van der Waals surface area contributed by atoms with Crippen molar-refractivity contribution in [1.29, 1.82) is 0 Å². The third-order valence-electron chi connectivity index (χ3n) is 11.9. The maximum atomic E-state index is 14.3. The van der Waals surface area contributed by atoms with Gasteiger partial charge in [0.1, 0.15) is 0 Å². The molecule has 60 heavy (non-hydrogen) atoms. The molecule has 0 bridgehead atoms. The van der Waals surface area contributed by atoms with Crippen LogP contribution in [-0.2, 0) is 0 Å². The SMILES string of the molecule is CCCCCCCCC(CCCCCC)CCNC(=O)c1c(Br)c(Br)c(C(=O)NCCC(CCCCCC)CCCCCCCC)c2c(C(=O)O)c(Br)c(Br)c(C(=O)O)c12. The Bertz CT molecular complexity index is 1530. The summed E-state index contributed by atoms with van der Waals surface area (Å²) in [6, 6.07) is 0. The number of unbranched alkanes of at least 4 members (excludes halogenated alkanes) is 16. The molecule has 8 nitrogen and oxygen atoms in total. The number of amides is 2. The first-order chi connectivity index (χ1) is 28.9. The second-order valence-electron chi connectivity index (χ2n) is 16.7. The number of hydrogen-bond acceptors (Lipinski definition) is 4. The molecule has 0 aliphatic heterocycles. The van der Waals surface area contributed by atoms with E-state index in [1.807, 2.05) is 0 Å². The number of rotatable bonds is 34. The third kappa shape index (κ3) is 17.9. The van der Waals surface area contributed by atoms with Crippen LogP contribution in [0.3, 0.4) is 0 Å². The van der Waals surface area contributed by atoms with E-state index in [-0.39, 0.29) is 50.9 Å². The predicted molar refractivity (Wildman–Crippen MR) is 263 cm³/mol. The van der Waals surface area contributed by atoms with Crippen LogP contribution in [0.5, 0.6) is 0 Å². The van der Waals surface area contributed by atoms with Crippen LogP contribution in [0.2, 0.25) is 0 Å². The highest BCUT2D eigenvalue weighted by Gasteiger charge is 2.34. The van der Waals surface area contributed by atoms with Crippen molar-refractivity contribution in [3.63, 3.8) is 0 Å². The van der Waals surface area contributed by atoms with E-state index < -0.39 is 23.8 Å². The minimum absolute atomic E-state index is 0.0266. The first kappa shape index (κ1) is 54.6. The van der Waals surface area contributed by atoms with Crippen molar-refractivity contribution >= 4 is 98.2 Å². The van der Waals surface area contributed by atoms with Gasteiger partial charge >= 0.3 is 11.9 Å². The van der Waals surface area contributed by atoms with Gasteiger partial charge in [0.05, 0.1) is 22.3 Å². The zero-order valence-electron chi connectivity index (χ0n) is 37.0. The van der Waals surface area contributed by atoms with Crippen LogP contribution in [0.25, 0.3) is 10.8 Å². The Morgan fingerprint density at radius 1 is 0.400 bits per heavy atom. The molecule has 2 unspecified atom stereocenters. The normalized spacial score (nSPS) is 12.5. The maximum absolute atomic E-state index is 14.3. The van der Waals surface area contributed by atoms with Crippen molar-refractivity contribution < 1.29 is 29.4 Å². The van der Waals surface area contributed by atoms with Crippen molar-refractivity contribution in [2.75, 3.05) is 13.1 Å². The quantitative estimate of drug-likeness (QED) is 0.0516. The lowest BCUT2D eigenvalue weighted by Crippen LogP contribution is -2.30. The molecule has 2 rings (SSSR count). The van der Waals surface area contributed by atoms with Crippen molar-refractivity contribution in [2.24, 2.45) is 11.8 Å². The Balaban J connectivity index is 2.49. The number of benzene rings is 2. The predicted octanol–water partition coefficient (Wildman–Crippen LogP) is 16.2. The van der Waals surface area contributed by atoms with Gasteiger partial charge in [-0.1, -0.05) is 182 Å². The fourth-order valence-electron chi connectivity index (χ4n) is 8.42. The van der Waals surface area contributed by atoms with E-state index in [0.29, 0.717) is 24.9 Å². The molecule has 0 aliphatic carbocycles. The number of hydrogen-bond donors (Lipinski definition) is 4. The minimum Gasteiger partial charge on any atom is -0.478 e. The Hall–Kier alpha value is -1.50. The number of fused-ring (bicyclic) bond motifs is 1. The van der Waals surface area contributed by atoms with Crippen LogP contribution in [-0.4, -0.2) is 47.1 Å². The molecule has 2 aromatic carbocycles. The van der Waals surface area contributed by atoms with Gasteiger partial charge < -0.3 is 20.8 Å². The number of carbonyl (C=O) groups excluding carboxylic acids is 2. The molecule has 0 spiro atoms. The number of nitrogens with one attached hydrogen (secondary N) is 2. The Morgan fingerprint density at radius 3 is 0.933 bits per heavy atom. The summed E-state index contributed by atoms with van der Waals surface area (Å²) in [5.74, 6) is -2.93. The molecule has 0 fully saturated rings. The van der Waals surface area contributed by atoms with Gasteiger partial charge in [0.25, 0.3) is 11.8 Å². The van der Waals surface area contributed by atoms with Crippen molar-refractivity contribution in [3.05, 3.63) is 40.1 Å². The first-order valence-corrected chi connectivity index (χ1v) is 26.4. The summed E-state index contributed by atoms with van der Waals surface area (Å²) in [6.45, 7) is 9.62. The summed E-state index contributed by atoms with van der Waals surface area (Å²) < 4.78 is 0.319. The summed E-state index contributed by atoms with van der Waals surface area (Å²) in [5, 5.41) is 27.1. The molecule has 0 aromatic heterocycles. The van der Waals surface area contributed by atoms with Gasteiger partial charge in [-0.15, -0.1) is 0 Å². The van der Waals surface area contributed by atoms with Crippen LogP contribution < -0.4 is 10.6 Å². The zero-order chi connectivity index (χ0) is 44.5. The van der Waals surface area contributed by atoms with Gasteiger partial charge in [-0.3, -0.25) is 9.59 Å². The summed E-state index contributed by atoms with van der Waals surface area (Å²) in [7, 11) is 0. The topological polar surface area (TPSA) is 133 Å². The molecule has 0 saturated carbocycles. The molecule has 0 saturated heterocycles. The molecule has 2 aromatic rings. The summed E-state index contributed by atoms with van der Waals surface area (Å²) in [6.07, 6.45) is 30.1. The fourth-order valence-corrected chi connectivity index (χ4v) is 10.7. The third-order valence-corrected chi connectivity index (χ3v) is 16.2. The molecular weight excluding hydrogens is 1020 g/mol. The number of halogens is 4. The lowest BCUT2D eigenvalue weighted by molar-refractivity contribution is 0.0682. The molecule has 4 N–H and O–H groups in total. The highest BCUT2D eigenvalue weighted by Crippen LogP contribution is 2.46. The van der Waals surface area contributed by atoms with Gasteiger partial charge in [0.2, 0.25) is 0 Å². The molecule has 0 radical (unpaired) electrons. The standard InChI is InChI=1S/C48H74Br4N2O6/c1-5-9-13-17-19-23-27-33(25-21-15-11-7-3)29-31-53-45(55)37-35-36(40(48(59)60)44(52)43(51)39(35)47(57)58)38(42(50)41(37)49)46(56)54-32-30-34(26-22-16-12-8-4)28-24-20-18-14-10-6-2/h33-34H,5-32H2,1-4H3,(H,53,55)(H,54,56)(H,57,58)(H,59,60). The molecule has 12 heteroatoms. The molecule has 2 atom stereocenters. The first-order valence-electron chi connectivity index (χ1n) is 23.3. The highest BCUT2D eigenvalue weighted by molar-refractivity contribution is 9.13. The average molecular weight is 1090 g/mol. The van der Waals surface area contributed by atoms with Crippen molar-refractivity contribution in [1.82, 2.24) is 10.6 Å². The lowest BCUT2D eigenvalue weighted by Gasteiger charge is -2.22. The smallest absolute Gasteiger partial charge is 0.337 e. The summed E-state index contributed by atoms with van der Waals surface area (Å²) in [4.78, 5) is 54.7. The van der Waals surface area contributed by atoms with E-state index in [1.165, 1.54) is 103 Å². The number of carbonyl (C=O) groups is 4. The molecule has 0 heterocycles. The zero-order valence-corrected chi connectivity index (χ0v) is 43.3. The van der Waals surface area contributed by atoms with E-state index in [2.05, 4.69) is 102 Å². The minimum atomic E-state index is -1.37. The van der Waals surface area contributed by atoms with Crippen molar-refractivity contribution in [3.8, 4) is 0 Å². The van der Waals surface area contributed by atoms with Crippen LogP contribution in [0, 0.1) is 11.8 Å². The monoisotopic (exact) mass is 1090 g/mol. The van der Waals surface area contributed by atoms with Gasteiger partial charge in [0, 0.05) is 41.8 Å². The Labute approximate surface area is 395 Å². The van der Waals surface area contributed by atoms with E-state index in [4.69, 9.17) is 0 Å². The second-order valence-corrected chi connectivity index (χ2v) is 19.9. The van der Waals surface area contributed by atoms with Gasteiger partial charge in [0.15, 0.2) is 0 Å². The Morgan fingerprint density at radius 2 is 0.650 bits per heavy atom. The van der Waals surface area contributed by atoms with Crippen LogP contribution >= 0.6 is 63.7 Å². The number of aromatic carboxylic acids is 2. The second kappa shape index (κ2) is 31.4. The van der Waals surface area contributed by atoms with Crippen LogP contribution in [0.1, 0.15) is 236 Å². The highest BCUT2D eigenvalue weighted by atomic mass is 79.9. The summed E-state index contributed by atoms with van der Waals surface area (Å²) >= 11 is 13.8. The molecular formula is C48H74Br4N2O6. The van der Waals surface area contributed by atoms with Gasteiger partial charge in [-0.25, -0.2) is 9.59 Å². The van der Waals surface area contributed by atoms with E-state index in [9.17, 15) is 29.4 Å². The lowest BCUT2D eigenvalue weighted by atomic mass is 9.90. The van der Waals surface area contributed by atoms with Crippen LogP contribution in [0.15, 0.2) is 17.9 Å². The number of carboxylic acids is 2.